The van der Waals surface area contributed by atoms with Gasteiger partial charge in [-0.3, -0.25) is 0 Å². The summed E-state index contributed by atoms with van der Waals surface area (Å²) in [6.07, 6.45) is -0.717. The van der Waals surface area contributed by atoms with Crippen molar-refractivity contribution in [3.63, 3.8) is 0 Å². The minimum absolute atomic E-state index is 0.139. The van der Waals surface area contributed by atoms with Crippen molar-refractivity contribution in [1.82, 2.24) is 5.32 Å². The number of amides is 2. The number of ether oxygens (including phenoxy) is 2. The van der Waals surface area contributed by atoms with Gasteiger partial charge in [0.05, 0.1) is 20.8 Å². The molecule has 2 rings (SSSR count). The Morgan fingerprint density at radius 1 is 1.26 bits per heavy atom. The lowest BCUT2D eigenvalue weighted by atomic mass is 10.2. The summed E-state index contributed by atoms with van der Waals surface area (Å²) in [6.45, 7) is 2.07. The second kappa shape index (κ2) is 7.85. The van der Waals surface area contributed by atoms with Crippen LogP contribution in [0.15, 0.2) is 29.6 Å². The van der Waals surface area contributed by atoms with Crippen LogP contribution in [0, 0.1) is 6.92 Å². The Labute approximate surface area is 139 Å². The van der Waals surface area contributed by atoms with Crippen molar-refractivity contribution in [3.8, 4) is 11.5 Å². The fourth-order valence-corrected chi connectivity index (χ4v) is 3.01. The highest BCUT2D eigenvalue weighted by atomic mass is 32.1. The average molecular weight is 336 g/mol. The highest BCUT2D eigenvalue weighted by Gasteiger charge is 2.13. The van der Waals surface area contributed by atoms with Crippen molar-refractivity contribution in [2.24, 2.45) is 0 Å². The second-order valence-electron chi connectivity index (χ2n) is 4.89. The molecule has 2 aromatic rings. The quantitative estimate of drug-likeness (QED) is 0.758. The molecule has 1 unspecified atom stereocenters. The summed E-state index contributed by atoms with van der Waals surface area (Å²) in [5.41, 5.74) is 1.59. The molecule has 124 valence electrons. The highest BCUT2D eigenvalue weighted by Crippen LogP contribution is 2.29. The smallest absolute Gasteiger partial charge is 0.319 e. The molecule has 0 radical (unpaired) electrons. The number of aryl methyl sites for hydroxylation is 1. The van der Waals surface area contributed by atoms with E-state index >= 15 is 0 Å². The second-order valence-corrected chi connectivity index (χ2v) is 5.84. The molecule has 1 aromatic carbocycles. The predicted molar refractivity (Wildman–Crippen MR) is 90.6 cm³/mol. The number of anilines is 1. The van der Waals surface area contributed by atoms with Gasteiger partial charge in [-0.05, 0) is 36.1 Å². The maximum absolute atomic E-state index is 11.9. The average Bonchev–Trinajstić information content (AvgIpc) is 2.98. The standard InChI is InChI=1S/C16H20N2O4S/c1-10-6-7-23-15(10)12(19)9-17-16(20)18-11-4-5-13(21-2)14(8-11)22-3/h4-8,12,19H,9H2,1-3H3,(H2,17,18,20). The summed E-state index contributed by atoms with van der Waals surface area (Å²) in [6, 6.07) is 6.62. The lowest BCUT2D eigenvalue weighted by molar-refractivity contribution is 0.178. The van der Waals surface area contributed by atoms with Crippen LogP contribution in [0.3, 0.4) is 0 Å². The molecular formula is C16H20N2O4S. The van der Waals surface area contributed by atoms with Crippen LogP contribution in [-0.4, -0.2) is 31.9 Å². The van der Waals surface area contributed by atoms with Crippen molar-refractivity contribution < 1.29 is 19.4 Å². The fourth-order valence-electron chi connectivity index (χ4n) is 2.10. The Balaban J connectivity index is 1.91. The number of urea groups is 1. The lowest BCUT2D eigenvalue weighted by Crippen LogP contribution is -2.32. The molecule has 7 heteroatoms. The third-order valence-electron chi connectivity index (χ3n) is 3.30. The van der Waals surface area contributed by atoms with E-state index in [1.54, 1.807) is 25.3 Å². The Morgan fingerprint density at radius 2 is 2.00 bits per heavy atom. The zero-order valence-electron chi connectivity index (χ0n) is 13.3. The Kier molecular flexibility index (Phi) is 5.84. The summed E-state index contributed by atoms with van der Waals surface area (Å²) in [7, 11) is 3.08. The summed E-state index contributed by atoms with van der Waals surface area (Å²) in [4.78, 5) is 12.8. The van der Waals surface area contributed by atoms with Gasteiger partial charge in [0.25, 0.3) is 0 Å². The number of methoxy groups -OCH3 is 2. The Morgan fingerprint density at radius 3 is 2.61 bits per heavy atom. The number of rotatable bonds is 6. The van der Waals surface area contributed by atoms with E-state index in [4.69, 9.17) is 9.47 Å². The fraction of sp³-hybridized carbons (Fsp3) is 0.312. The van der Waals surface area contributed by atoms with Crippen LogP contribution in [0.5, 0.6) is 11.5 Å². The molecule has 3 N–H and O–H groups in total. The number of benzene rings is 1. The highest BCUT2D eigenvalue weighted by molar-refractivity contribution is 7.10. The van der Waals surface area contributed by atoms with Gasteiger partial charge in [-0.15, -0.1) is 11.3 Å². The first-order valence-corrected chi connectivity index (χ1v) is 7.92. The van der Waals surface area contributed by atoms with Gasteiger partial charge in [0.2, 0.25) is 0 Å². The lowest BCUT2D eigenvalue weighted by Gasteiger charge is -2.13. The van der Waals surface area contributed by atoms with Gasteiger partial charge in [-0.25, -0.2) is 4.79 Å². The third kappa shape index (κ3) is 4.37. The normalized spacial score (nSPS) is 11.7. The molecule has 0 saturated heterocycles. The van der Waals surface area contributed by atoms with Gasteiger partial charge < -0.3 is 25.2 Å². The Hall–Kier alpha value is -2.25. The zero-order valence-corrected chi connectivity index (χ0v) is 14.1. The molecule has 6 nitrogen and oxygen atoms in total. The predicted octanol–water partition coefficient (Wildman–Crippen LogP) is 2.93. The van der Waals surface area contributed by atoms with Crippen molar-refractivity contribution >= 4 is 23.1 Å². The number of hydrogen-bond donors (Lipinski definition) is 3. The van der Waals surface area contributed by atoms with Crippen LogP contribution in [0.2, 0.25) is 0 Å². The number of aliphatic hydroxyl groups excluding tert-OH is 1. The minimum Gasteiger partial charge on any atom is -0.493 e. The molecule has 0 aliphatic rings. The number of hydrogen-bond acceptors (Lipinski definition) is 5. The molecule has 0 aliphatic heterocycles. The Bertz CT molecular complexity index is 672. The summed E-state index contributed by atoms with van der Waals surface area (Å²) in [5.74, 6) is 1.11. The number of thiophene rings is 1. The molecule has 1 aromatic heterocycles. The van der Waals surface area contributed by atoms with E-state index in [0.717, 1.165) is 10.4 Å². The van der Waals surface area contributed by atoms with Crippen molar-refractivity contribution in [2.45, 2.75) is 13.0 Å². The van der Waals surface area contributed by atoms with Crippen LogP contribution in [0.25, 0.3) is 0 Å². The monoisotopic (exact) mass is 336 g/mol. The van der Waals surface area contributed by atoms with E-state index in [1.165, 1.54) is 18.4 Å². The molecule has 0 fully saturated rings. The first-order valence-electron chi connectivity index (χ1n) is 7.04. The number of carbonyl (C=O) groups is 1. The molecule has 0 saturated carbocycles. The van der Waals surface area contributed by atoms with E-state index in [9.17, 15) is 9.90 Å². The zero-order chi connectivity index (χ0) is 16.8. The van der Waals surface area contributed by atoms with Gasteiger partial charge >= 0.3 is 6.03 Å². The van der Waals surface area contributed by atoms with E-state index in [0.29, 0.717) is 17.2 Å². The number of aliphatic hydroxyl groups is 1. The van der Waals surface area contributed by atoms with Gasteiger partial charge in [0.15, 0.2) is 11.5 Å². The third-order valence-corrected chi connectivity index (χ3v) is 4.42. The molecular weight excluding hydrogens is 316 g/mol. The van der Waals surface area contributed by atoms with E-state index in [1.807, 2.05) is 18.4 Å². The molecule has 1 heterocycles. The maximum Gasteiger partial charge on any atom is 0.319 e. The van der Waals surface area contributed by atoms with Crippen molar-refractivity contribution in [1.29, 1.82) is 0 Å². The van der Waals surface area contributed by atoms with E-state index in [2.05, 4.69) is 10.6 Å². The van der Waals surface area contributed by atoms with Crippen LogP contribution >= 0.6 is 11.3 Å². The van der Waals surface area contributed by atoms with E-state index < -0.39 is 12.1 Å². The summed E-state index contributed by atoms with van der Waals surface area (Å²) >= 11 is 1.47. The van der Waals surface area contributed by atoms with Gasteiger partial charge in [-0.1, -0.05) is 0 Å². The molecule has 0 aliphatic carbocycles. The molecule has 0 spiro atoms. The molecule has 0 bridgehead atoms. The van der Waals surface area contributed by atoms with Crippen molar-refractivity contribution in [3.05, 3.63) is 40.1 Å². The first-order chi connectivity index (χ1) is 11.0. The van der Waals surface area contributed by atoms with Gasteiger partial charge in [-0.2, -0.15) is 0 Å². The molecule has 23 heavy (non-hydrogen) atoms. The van der Waals surface area contributed by atoms with Crippen LogP contribution < -0.4 is 20.1 Å². The first kappa shape index (κ1) is 17.1. The molecule has 2 amide bonds. The maximum atomic E-state index is 11.9. The largest absolute Gasteiger partial charge is 0.493 e. The van der Waals surface area contributed by atoms with Crippen LogP contribution in [-0.2, 0) is 0 Å². The van der Waals surface area contributed by atoms with Gasteiger partial charge in [0, 0.05) is 16.6 Å². The number of nitrogens with one attached hydrogen (secondary N) is 2. The summed E-state index contributed by atoms with van der Waals surface area (Å²) in [5, 5.41) is 17.3. The van der Waals surface area contributed by atoms with Crippen molar-refractivity contribution in [2.75, 3.05) is 26.1 Å². The van der Waals surface area contributed by atoms with Gasteiger partial charge in [0.1, 0.15) is 6.10 Å². The van der Waals surface area contributed by atoms with Crippen LogP contribution in [0.4, 0.5) is 10.5 Å². The van der Waals surface area contributed by atoms with E-state index in [-0.39, 0.29) is 6.54 Å². The topological polar surface area (TPSA) is 79.8 Å². The minimum atomic E-state index is -0.717. The molecule has 1 atom stereocenters. The number of carbonyl (C=O) groups excluding carboxylic acids is 1. The summed E-state index contributed by atoms with van der Waals surface area (Å²) < 4.78 is 10.3. The SMILES string of the molecule is COc1ccc(NC(=O)NCC(O)c2sccc2C)cc1OC. The van der Waals surface area contributed by atoms with Crippen LogP contribution in [0.1, 0.15) is 16.5 Å².